The highest BCUT2D eigenvalue weighted by Crippen LogP contribution is 2.39. The summed E-state index contributed by atoms with van der Waals surface area (Å²) in [6.45, 7) is 2.12. The lowest BCUT2D eigenvalue weighted by atomic mass is 10.1. The van der Waals surface area contributed by atoms with E-state index in [2.05, 4.69) is 6.92 Å². The first-order valence-electron chi connectivity index (χ1n) is 9.57. The average molecular weight is 446 g/mol. The number of methoxy groups -OCH3 is 1. The van der Waals surface area contributed by atoms with Crippen LogP contribution in [0.4, 0.5) is 5.69 Å². The van der Waals surface area contributed by atoms with Gasteiger partial charge in [-0.15, -0.1) is 0 Å². The quantitative estimate of drug-likeness (QED) is 0.475. The summed E-state index contributed by atoms with van der Waals surface area (Å²) >= 11 is 1.02. The number of thioether (sulfide) groups is 1. The lowest BCUT2D eigenvalue weighted by Crippen LogP contribution is -2.28. The molecule has 0 unspecified atom stereocenters. The largest absolute Gasteiger partial charge is 0.465 e. The van der Waals surface area contributed by atoms with Crippen molar-refractivity contribution in [1.82, 2.24) is 0 Å². The van der Waals surface area contributed by atoms with Crippen LogP contribution in [0, 0.1) is 0 Å². The number of anilines is 1. The van der Waals surface area contributed by atoms with E-state index in [1.807, 2.05) is 12.1 Å². The van der Waals surface area contributed by atoms with Crippen LogP contribution in [0.2, 0.25) is 0 Å². The van der Waals surface area contributed by atoms with E-state index in [1.165, 1.54) is 17.0 Å². The number of amides is 1. The third-order valence-electron chi connectivity index (χ3n) is 4.69. The maximum atomic E-state index is 13.3. The van der Waals surface area contributed by atoms with Crippen LogP contribution in [0.5, 0.6) is 0 Å². The molecule has 0 aromatic heterocycles. The van der Waals surface area contributed by atoms with Gasteiger partial charge in [0.15, 0.2) is 4.91 Å². The first-order valence-corrected chi connectivity index (χ1v) is 12.0. The van der Waals surface area contributed by atoms with Crippen LogP contribution in [0.3, 0.4) is 0 Å². The van der Waals surface area contributed by atoms with Crippen LogP contribution in [-0.2, 0) is 30.6 Å². The molecule has 0 aliphatic carbocycles. The number of benzene rings is 2. The SMILES string of the molecule is CCCCc1ccc(N2C(=O)CS/C2=C(/C(=O)OC)S(=O)(=O)c2ccccc2)cc1. The van der Waals surface area contributed by atoms with Crippen molar-refractivity contribution in [2.24, 2.45) is 0 Å². The molecule has 1 aliphatic heterocycles. The molecule has 0 saturated carbocycles. The first-order chi connectivity index (χ1) is 14.4. The molecule has 0 bridgehead atoms. The lowest BCUT2D eigenvalue weighted by molar-refractivity contribution is -0.135. The molecule has 0 radical (unpaired) electrons. The fraction of sp³-hybridized carbons (Fsp3) is 0.273. The van der Waals surface area contributed by atoms with Gasteiger partial charge in [0.05, 0.1) is 17.8 Å². The third kappa shape index (κ3) is 4.44. The molecular weight excluding hydrogens is 422 g/mol. The van der Waals surface area contributed by atoms with E-state index in [-0.39, 0.29) is 21.6 Å². The summed E-state index contributed by atoms with van der Waals surface area (Å²) in [4.78, 5) is 25.9. The number of carbonyl (C=O) groups excluding carboxylic acids is 2. The van der Waals surface area contributed by atoms with E-state index in [9.17, 15) is 18.0 Å². The van der Waals surface area contributed by atoms with Gasteiger partial charge in [-0.05, 0) is 42.7 Å². The second-order valence-electron chi connectivity index (χ2n) is 6.73. The summed E-state index contributed by atoms with van der Waals surface area (Å²) in [6, 6.07) is 15.0. The van der Waals surface area contributed by atoms with Crippen LogP contribution in [0.1, 0.15) is 25.3 Å². The molecule has 8 heteroatoms. The van der Waals surface area contributed by atoms with Gasteiger partial charge in [-0.25, -0.2) is 13.2 Å². The molecule has 0 atom stereocenters. The van der Waals surface area contributed by atoms with Gasteiger partial charge in [-0.1, -0.05) is 55.4 Å². The number of rotatable bonds is 7. The maximum Gasteiger partial charge on any atom is 0.352 e. The molecule has 158 valence electrons. The summed E-state index contributed by atoms with van der Waals surface area (Å²) in [6.07, 6.45) is 3.07. The van der Waals surface area contributed by atoms with Gasteiger partial charge in [-0.3, -0.25) is 9.69 Å². The van der Waals surface area contributed by atoms with E-state index in [0.717, 1.165) is 43.7 Å². The smallest absolute Gasteiger partial charge is 0.352 e. The predicted octanol–water partition coefficient (Wildman–Crippen LogP) is 3.93. The average Bonchev–Trinajstić information content (AvgIpc) is 3.13. The molecule has 1 amide bonds. The number of carbonyl (C=O) groups is 2. The Bertz CT molecular complexity index is 1060. The summed E-state index contributed by atoms with van der Waals surface area (Å²) in [5.74, 6) is -1.25. The number of hydrogen-bond donors (Lipinski definition) is 0. The Kier molecular flexibility index (Phi) is 6.99. The van der Waals surface area contributed by atoms with E-state index in [4.69, 9.17) is 4.74 Å². The zero-order valence-corrected chi connectivity index (χ0v) is 18.5. The monoisotopic (exact) mass is 445 g/mol. The number of aryl methyl sites for hydroxylation is 1. The molecule has 1 aliphatic rings. The van der Waals surface area contributed by atoms with Gasteiger partial charge >= 0.3 is 5.97 Å². The topological polar surface area (TPSA) is 80.8 Å². The Balaban J connectivity index is 2.11. The summed E-state index contributed by atoms with van der Waals surface area (Å²) in [5, 5.41) is 0.0667. The molecule has 0 N–H and O–H groups in total. The van der Waals surface area contributed by atoms with Gasteiger partial charge < -0.3 is 4.74 Å². The standard InChI is InChI=1S/C22H23NO5S2/c1-3-4-8-16-11-13-17(14-12-16)23-19(24)15-29-21(23)20(22(25)28-2)30(26,27)18-9-6-5-7-10-18/h5-7,9-14H,3-4,8,15H2,1-2H3/b21-20-. The van der Waals surface area contributed by atoms with Crippen molar-refractivity contribution in [3.05, 3.63) is 70.1 Å². The second kappa shape index (κ2) is 9.49. The van der Waals surface area contributed by atoms with Crippen LogP contribution in [0.15, 0.2) is 69.4 Å². The summed E-state index contributed by atoms with van der Waals surface area (Å²) < 4.78 is 31.3. The van der Waals surface area contributed by atoms with Gasteiger partial charge in [-0.2, -0.15) is 0 Å². The maximum absolute atomic E-state index is 13.3. The molecule has 2 aromatic carbocycles. The highest BCUT2D eigenvalue weighted by atomic mass is 32.2. The minimum absolute atomic E-state index is 0.0345. The molecule has 3 rings (SSSR count). The minimum Gasteiger partial charge on any atom is -0.465 e. The van der Waals surface area contributed by atoms with Crippen LogP contribution in [-0.4, -0.2) is 33.2 Å². The van der Waals surface area contributed by atoms with Gasteiger partial charge in [0, 0.05) is 5.69 Å². The minimum atomic E-state index is -4.19. The Labute approximate surface area is 180 Å². The van der Waals surface area contributed by atoms with Crippen LogP contribution in [0.25, 0.3) is 0 Å². The van der Waals surface area contributed by atoms with Crippen LogP contribution >= 0.6 is 11.8 Å². The highest BCUT2D eigenvalue weighted by Gasteiger charge is 2.39. The Hall–Kier alpha value is -2.58. The fourth-order valence-electron chi connectivity index (χ4n) is 3.12. The molecule has 30 heavy (non-hydrogen) atoms. The first kappa shape index (κ1) is 22.1. The van der Waals surface area contributed by atoms with Gasteiger partial charge in [0.2, 0.25) is 15.7 Å². The second-order valence-corrected chi connectivity index (χ2v) is 9.58. The number of unbranched alkanes of at least 4 members (excludes halogenated alkanes) is 1. The number of esters is 1. The number of ether oxygens (including phenoxy) is 1. The highest BCUT2D eigenvalue weighted by molar-refractivity contribution is 8.06. The summed E-state index contributed by atoms with van der Waals surface area (Å²) in [7, 11) is -3.07. The van der Waals surface area contributed by atoms with Crippen molar-refractivity contribution < 1.29 is 22.7 Å². The molecular formula is C22H23NO5S2. The Morgan fingerprint density at radius 1 is 1.10 bits per heavy atom. The Morgan fingerprint density at radius 2 is 1.77 bits per heavy atom. The van der Waals surface area contributed by atoms with E-state index in [0.29, 0.717) is 5.69 Å². The molecule has 1 saturated heterocycles. The zero-order valence-electron chi connectivity index (χ0n) is 16.8. The molecule has 2 aromatic rings. The number of nitrogens with zero attached hydrogens (tertiary/aromatic N) is 1. The molecule has 0 spiro atoms. The van der Waals surface area contributed by atoms with Crippen molar-refractivity contribution in [2.75, 3.05) is 17.8 Å². The van der Waals surface area contributed by atoms with E-state index >= 15 is 0 Å². The van der Waals surface area contributed by atoms with Gasteiger partial charge in [0.1, 0.15) is 5.03 Å². The summed E-state index contributed by atoms with van der Waals surface area (Å²) in [5.41, 5.74) is 1.65. The zero-order chi connectivity index (χ0) is 21.7. The van der Waals surface area contributed by atoms with Crippen molar-refractivity contribution in [1.29, 1.82) is 0 Å². The lowest BCUT2D eigenvalue weighted by Gasteiger charge is -2.20. The van der Waals surface area contributed by atoms with Crippen molar-refractivity contribution in [3.8, 4) is 0 Å². The van der Waals surface area contributed by atoms with Crippen molar-refractivity contribution >= 4 is 39.2 Å². The fourth-order valence-corrected chi connectivity index (χ4v) is 5.94. The van der Waals surface area contributed by atoms with Crippen molar-refractivity contribution in [2.45, 2.75) is 31.1 Å². The Morgan fingerprint density at radius 3 is 2.37 bits per heavy atom. The van der Waals surface area contributed by atoms with Crippen molar-refractivity contribution in [3.63, 3.8) is 0 Å². The predicted molar refractivity (Wildman–Crippen MR) is 118 cm³/mol. The normalized spacial score (nSPS) is 15.9. The van der Waals surface area contributed by atoms with E-state index < -0.39 is 20.7 Å². The van der Waals surface area contributed by atoms with Gasteiger partial charge in [0.25, 0.3) is 0 Å². The number of hydrogen-bond acceptors (Lipinski definition) is 6. The number of sulfone groups is 1. The van der Waals surface area contributed by atoms with E-state index in [1.54, 1.807) is 30.3 Å². The van der Waals surface area contributed by atoms with Crippen LogP contribution < -0.4 is 4.90 Å². The third-order valence-corrected chi connectivity index (χ3v) is 7.66. The molecule has 6 nitrogen and oxygen atoms in total. The molecule has 1 heterocycles. The molecule has 1 fully saturated rings.